The van der Waals surface area contributed by atoms with Crippen molar-refractivity contribution in [3.05, 3.63) is 42.5 Å². The molecular formula is C17H20O2S. The minimum Gasteiger partial charge on any atom is -0.481 e. The number of rotatable bonds is 8. The minimum atomic E-state index is -0.685. The van der Waals surface area contributed by atoms with Crippen LogP contribution in [0.25, 0.3) is 10.8 Å². The molecule has 0 aromatic heterocycles. The monoisotopic (exact) mass is 288 g/mol. The molecule has 2 aromatic carbocycles. The molecule has 0 spiro atoms. The lowest BCUT2D eigenvalue weighted by Crippen LogP contribution is -1.93. The summed E-state index contributed by atoms with van der Waals surface area (Å²) in [6.45, 7) is 0. The summed E-state index contributed by atoms with van der Waals surface area (Å²) >= 11 is 1.88. The van der Waals surface area contributed by atoms with Gasteiger partial charge in [-0.25, -0.2) is 0 Å². The van der Waals surface area contributed by atoms with Gasteiger partial charge >= 0.3 is 5.97 Å². The van der Waals surface area contributed by atoms with Crippen molar-refractivity contribution < 1.29 is 9.90 Å². The second kappa shape index (κ2) is 7.95. The van der Waals surface area contributed by atoms with Gasteiger partial charge in [0.05, 0.1) is 0 Å². The summed E-state index contributed by atoms with van der Waals surface area (Å²) in [5.74, 6) is 0.418. The third-order valence-electron chi connectivity index (χ3n) is 3.27. The normalized spacial score (nSPS) is 10.8. The zero-order chi connectivity index (χ0) is 14.2. The summed E-state index contributed by atoms with van der Waals surface area (Å²) in [4.78, 5) is 11.7. The summed E-state index contributed by atoms with van der Waals surface area (Å²) in [6, 6.07) is 15.0. The van der Waals surface area contributed by atoms with Crippen LogP contribution in [0.5, 0.6) is 0 Å². The highest BCUT2D eigenvalue weighted by molar-refractivity contribution is 7.99. The molecule has 3 heteroatoms. The van der Waals surface area contributed by atoms with Crippen molar-refractivity contribution in [1.29, 1.82) is 0 Å². The quantitative estimate of drug-likeness (QED) is 0.550. The highest BCUT2D eigenvalue weighted by atomic mass is 32.2. The van der Waals surface area contributed by atoms with Gasteiger partial charge in [-0.05, 0) is 41.5 Å². The SMILES string of the molecule is O=C(O)CCCCCCSc1ccc2ccccc2c1. The molecule has 0 aliphatic heterocycles. The van der Waals surface area contributed by atoms with Gasteiger partial charge in [-0.1, -0.05) is 43.2 Å². The van der Waals surface area contributed by atoms with Gasteiger partial charge in [0, 0.05) is 11.3 Å². The first-order valence-corrected chi connectivity index (χ1v) is 8.08. The second-order valence-corrected chi connectivity index (χ2v) is 6.08. The van der Waals surface area contributed by atoms with Crippen LogP contribution in [0.1, 0.15) is 32.1 Å². The molecule has 106 valence electrons. The molecule has 0 unspecified atom stereocenters. The van der Waals surface area contributed by atoms with Crippen molar-refractivity contribution in [3.8, 4) is 0 Å². The summed E-state index contributed by atoms with van der Waals surface area (Å²) in [6.07, 6.45) is 4.39. The summed E-state index contributed by atoms with van der Waals surface area (Å²) in [5.41, 5.74) is 0. The van der Waals surface area contributed by atoms with Crippen LogP contribution in [0.2, 0.25) is 0 Å². The number of carboxylic acid groups (broad SMARTS) is 1. The Morgan fingerprint density at radius 1 is 0.950 bits per heavy atom. The summed E-state index contributed by atoms with van der Waals surface area (Å²) < 4.78 is 0. The average molecular weight is 288 g/mol. The molecule has 0 saturated heterocycles. The number of hydrogen-bond donors (Lipinski definition) is 1. The first kappa shape index (κ1) is 14.9. The van der Waals surface area contributed by atoms with Crippen LogP contribution in [0.4, 0.5) is 0 Å². The lowest BCUT2D eigenvalue weighted by Gasteiger charge is -2.04. The molecular weight excluding hydrogens is 268 g/mol. The van der Waals surface area contributed by atoms with Gasteiger partial charge < -0.3 is 5.11 Å². The van der Waals surface area contributed by atoms with Crippen molar-refractivity contribution in [2.45, 2.75) is 37.0 Å². The van der Waals surface area contributed by atoms with E-state index < -0.39 is 5.97 Å². The number of fused-ring (bicyclic) bond motifs is 1. The third-order valence-corrected chi connectivity index (χ3v) is 4.35. The smallest absolute Gasteiger partial charge is 0.303 e. The van der Waals surface area contributed by atoms with Gasteiger partial charge in [0.25, 0.3) is 0 Å². The fourth-order valence-corrected chi connectivity index (χ4v) is 3.14. The van der Waals surface area contributed by atoms with Gasteiger partial charge in [-0.2, -0.15) is 0 Å². The van der Waals surface area contributed by atoms with Crippen LogP contribution in [0, 0.1) is 0 Å². The van der Waals surface area contributed by atoms with Crippen LogP contribution in [-0.2, 0) is 4.79 Å². The van der Waals surface area contributed by atoms with E-state index >= 15 is 0 Å². The molecule has 2 aromatic rings. The Morgan fingerprint density at radius 2 is 1.70 bits per heavy atom. The molecule has 20 heavy (non-hydrogen) atoms. The molecule has 0 heterocycles. The van der Waals surface area contributed by atoms with Gasteiger partial charge in [-0.15, -0.1) is 11.8 Å². The maximum absolute atomic E-state index is 10.4. The number of benzene rings is 2. The number of hydrogen-bond acceptors (Lipinski definition) is 2. The predicted octanol–water partition coefficient (Wildman–Crippen LogP) is 4.97. The van der Waals surface area contributed by atoms with Crippen molar-refractivity contribution in [1.82, 2.24) is 0 Å². The first-order chi connectivity index (χ1) is 9.75. The standard InChI is InChI=1S/C17H20O2S/c18-17(19)9-3-1-2-6-12-20-16-11-10-14-7-4-5-8-15(14)13-16/h4-5,7-8,10-11,13H,1-3,6,9,12H2,(H,18,19). The molecule has 2 nitrogen and oxygen atoms in total. The van der Waals surface area contributed by atoms with Crippen LogP contribution in [0.3, 0.4) is 0 Å². The predicted molar refractivity (Wildman–Crippen MR) is 85.4 cm³/mol. The van der Waals surface area contributed by atoms with Gasteiger partial charge in [-0.3, -0.25) is 4.79 Å². The first-order valence-electron chi connectivity index (χ1n) is 7.09. The third kappa shape index (κ3) is 4.89. The molecule has 0 atom stereocenters. The molecule has 0 saturated carbocycles. The fourth-order valence-electron chi connectivity index (χ4n) is 2.18. The molecule has 0 fully saturated rings. The van der Waals surface area contributed by atoms with Crippen LogP contribution in [-0.4, -0.2) is 16.8 Å². The van der Waals surface area contributed by atoms with Gasteiger partial charge in [0.2, 0.25) is 0 Å². The van der Waals surface area contributed by atoms with Gasteiger partial charge in [0.1, 0.15) is 0 Å². The molecule has 0 radical (unpaired) electrons. The van der Waals surface area contributed by atoms with E-state index in [1.54, 1.807) is 0 Å². The second-order valence-electron chi connectivity index (χ2n) is 4.92. The van der Waals surface area contributed by atoms with Crippen molar-refractivity contribution in [2.24, 2.45) is 0 Å². The molecule has 1 N–H and O–H groups in total. The van der Waals surface area contributed by atoms with Crippen LogP contribution < -0.4 is 0 Å². The van der Waals surface area contributed by atoms with Crippen molar-refractivity contribution in [2.75, 3.05) is 5.75 Å². The Bertz CT molecular complexity index is 566. The Labute approximate surface area is 124 Å². The average Bonchev–Trinajstić information content (AvgIpc) is 2.46. The van der Waals surface area contributed by atoms with E-state index in [0.717, 1.165) is 31.4 Å². The van der Waals surface area contributed by atoms with E-state index in [4.69, 9.17) is 5.11 Å². The largest absolute Gasteiger partial charge is 0.481 e. The zero-order valence-electron chi connectivity index (χ0n) is 11.5. The fraction of sp³-hybridized carbons (Fsp3) is 0.353. The number of thioether (sulfide) groups is 1. The number of carbonyl (C=O) groups is 1. The minimum absolute atomic E-state index is 0.303. The zero-order valence-corrected chi connectivity index (χ0v) is 12.4. The van der Waals surface area contributed by atoms with E-state index in [1.165, 1.54) is 15.7 Å². The lowest BCUT2D eigenvalue weighted by atomic mass is 10.1. The summed E-state index contributed by atoms with van der Waals surface area (Å²) in [7, 11) is 0. The van der Waals surface area contributed by atoms with E-state index in [1.807, 2.05) is 11.8 Å². The maximum atomic E-state index is 10.4. The van der Waals surface area contributed by atoms with Crippen molar-refractivity contribution in [3.63, 3.8) is 0 Å². The summed E-state index contributed by atoms with van der Waals surface area (Å²) in [5, 5.41) is 11.1. The van der Waals surface area contributed by atoms with E-state index in [0.29, 0.717) is 6.42 Å². The Balaban J connectivity index is 1.69. The molecule has 0 amide bonds. The molecule has 0 bridgehead atoms. The lowest BCUT2D eigenvalue weighted by molar-refractivity contribution is -0.137. The number of carboxylic acids is 1. The molecule has 0 aliphatic carbocycles. The Morgan fingerprint density at radius 3 is 2.50 bits per heavy atom. The van der Waals surface area contributed by atoms with E-state index in [9.17, 15) is 4.79 Å². The van der Waals surface area contributed by atoms with E-state index in [-0.39, 0.29) is 0 Å². The van der Waals surface area contributed by atoms with Gasteiger partial charge in [0.15, 0.2) is 0 Å². The van der Waals surface area contributed by atoms with Crippen LogP contribution in [0.15, 0.2) is 47.4 Å². The van der Waals surface area contributed by atoms with Crippen LogP contribution >= 0.6 is 11.8 Å². The Hall–Kier alpha value is -1.48. The Kier molecular flexibility index (Phi) is 5.93. The highest BCUT2D eigenvalue weighted by Crippen LogP contribution is 2.24. The molecule has 2 rings (SSSR count). The number of unbranched alkanes of at least 4 members (excludes halogenated alkanes) is 3. The molecule has 0 aliphatic rings. The van der Waals surface area contributed by atoms with Crippen molar-refractivity contribution >= 4 is 28.5 Å². The topological polar surface area (TPSA) is 37.3 Å². The number of aliphatic carboxylic acids is 1. The van der Waals surface area contributed by atoms with E-state index in [2.05, 4.69) is 42.5 Å². The maximum Gasteiger partial charge on any atom is 0.303 e. The highest BCUT2D eigenvalue weighted by Gasteiger charge is 1.99.